The van der Waals surface area contributed by atoms with E-state index < -0.39 is 10.0 Å². The molecule has 1 aromatic heterocycles. The highest BCUT2D eigenvalue weighted by atomic mass is 32.2. The van der Waals surface area contributed by atoms with E-state index in [1.165, 1.54) is 24.3 Å². The van der Waals surface area contributed by atoms with Crippen molar-refractivity contribution in [3.8, 4) is 0 Å². The first-order chi connectivity index (χ1) is 15.3. The van der Waals surface area contributed by atoms with Gasteiger partial charge in [-0.3, -0.25) is 4.79 Å². The predicted octanol–water partition coefficient (Wildman–Crippen LogP) is 3.52. The Kier molecular flexibility index (Phi) is 6.55. The summed E-state index contributed by atoms with van der Waals surface area (Å²) in [5, 5.41) is 8.28. The van der Waals surface area contributed by atoms with E-state index in [1.54, 1.807) is 23.9 Å². The van der Waals surface area contributed by atoms with Gasteiger partial charge in [0.2, 0.25) is 15.9 Å². The van der Waals surface area contributed by atoms with Gasteiger partial charge in [0, 0.05) is 30.0 Å². The average Bonchev–Trinajstić information content (AvgIpc) is 3.09. The van der Waals surface area contributed by atoms with E-state index in [1.807, 2.05) is 11.5 Å². The summed E-state index contributed by atoms with van der Waals surface area (Å²) >= 11 is 1.67. The number of rotatable bonds is 7. The van der Waals surface area contributed by atoms with Crippen LogP contribution < -0.4 is 10.5 Å². The Hall–Kier alpha value is -2.43. The zero-order valence-electron chi connectivity index (χ0n) is 17.7. The van der Waals surface area contributed by atoms with Gasteiger partial charge in [-0.1, -0.05) is 6.92 Å². The van der Waals surface area contributed by atoms with Crippen LogP contribution in [0.5, 0.6) is 0 Å². The number of halogens is 1. The maximum Gasteiger partial charge on any atom is 0.238 e. The normalized spacial score (nSPS) is 16.2. The number of nitrogens with one attached hydrogen (secondary N) is 1. The summed E-state index contributed by atoms with van der Waals surface area (Å²) in [6.45, 7) is 2.74. The summed E-state index contributed by atoms with van der Waals surface area (Å²) < 4.78 is 39.1. The number of hydrogen-bond acceptors (Lipinski definition) is 5. The number of sulfonamides is 1. The number of primary sulfonamides is 1. The molecule has 1 aliphatic heterocycles. The summed E-state index contributed by atoms with van der Waals surface area (Å²) in [4.78, 5) is 18.3. The Morgan fingerprint density at radius 2 is 2.12 bits per heavy atom. The Morgan fingerprint density at radius 3 is 2.88 bits per heavy atom. The molecule has 1 amide bonds. The molecular weight excluding hydrogens is 451 g/mol. The van der Waals surface area contributed by atoms with Crippen molar-refractivity contribution in [3.63, 3.8) is 0 Å². The Bertz CT molecular complexity index is 1270. The molecule has 2 heterocycles. The van der Waals surface area contributed by atoms with Crippen molar-refractivity contribution in [1.82, 2.24) is 14.9 Å². The zero-order valence-corrected chi connectivity index (χ0v) is 19.3. The SMILES string of the molecule is CCCn1c(CCC(=O)NC2CCSc3ccc(F)cc32)nc2cc(S(N)(=O)=O)ccc21. The molecule has 7 nitrogen and oxygen atoms in total. The number of carbonyl (C=O) groups excluding carboxylic acids is 1. The minimum absolute atomic E-state index is 0.0107. The van der Waals surface area contributed by atoms with Crippen molar-refractivity contribution in [1.29, 1.82) is 0 Å². The molecule has 3 N–H and O–H groups in total. The maximum atomic E-state index is 13.7. The molecule has 10 heteroatoms. The molecule has 0 bridgehead atoms. The lowest BCUT2D eigenvalue weighted by Gasteiger charge is -2.26. The third-order valence-electron chi connectivity index (χ3n) is 5.50. The third-order valence-corrected chi connectivity index (χ3v) is 7.53. The number of thioether (sulfide) groups is 1. The van der Waals surface area contributed by atoms with Crippen LogP contribution in [0.1, 0.15) is 43.6 Å². The van der Waals surface area contributed by atoms with Gasteiger partial charge in [0.05, 0.1) is 22.0 Å². The molecule has 4 rings (SSSR count). The maximum absolute atomic E-state index is 13.7. The number of amides is 1. The van der Waals surface area contributed by atoms with Gasteiger partial charge in [0.1, 0.15) is 11.6 Å². The number of nitrogens with zero attached hydrogens (tertiary/aromatic N) is 2. The number of imidazole rings is 1. The second-order valence-corrected chi connectivity index (χ2v) is 10.5. The summed E-state index contributed by atoms with van der Waals surface area (Å²) in [5.74, 6) is 1.15. The molecule has 1 aliphatic rings. The van der Waals surface area contributed by atoms with Crippen molar-refractivity contribution in [2.45, 2.75) is 55.0 Å². The quantitative estimate of drug-likeness (QED) is 0.543. The summed E-state index contributed by atoms with van der Waals surface area (Å²) in [5.41, 5.74) is 2.17. The van der Waals surface area contributed by atoms with E-state index in [-0.39, 0.29) is 29.1 Å². The van der Waals surface area contributed by atoms with E-state index in [4.69, 9.17) is 5.14 Å². The molecular formula is C22H25FN4O3S2. The molecule has 1 unspecified atom stereocenters. The van der Waals surface area contributed by atoms with E-state index in [0.29, 0.717) is 24.3 Å². The van der Waals surface area contributed by atoms with Crippen LogP contribution in [-0.4, -0.2) is 29.6 Å². The van der Waals surface area contributed by atoms with Gasteiger partial charge in [-0.05, 0) is 54.8 Å². The van der Waals surface area contributed by atoms with Gasteiger partial charge in [-0.15, -0.1) is 11.8 Å². The molecule has 1 atom stereocenters. The van der Waals surface area contributed by atoms with Crippen LogP contribution >= 0.6 is 11.8 Å². The number of nitrogens with two attached hydrogens (primary N) is 1. The minimum atomic E-state index is -3.82. The number of carbonyl (C=O) groups is 1. The van der Waals surface area contributed by atoms with Crippen molar-refractivity contribution >= 4 is 38.7 Å². The second-order valence-electron chi connectivity index (χ2n) is 7.81. The molecule has 0 spiro atoms. The summed E-state index contributed by atoms with van der Waals surface area (Å²) in [7, 11) is -3.82. The largest absolute Gasteiger partial charge is 0.349 e. The molecule has 0 aliphatic carbocycles. The molecule has 170 valence electrons. The Morgan fingerprint density at radius 1 is 1.31 bits per heavy atom. The molecule has 0 radical (unpaired) electrons. The standard InChI is InChI=1S/C22H25FN4O3S2/c1-2-10-27-19-5-4-15(32(24,29)30)13-18(19)25-21(27)7-8-22(28)26-17-9-11-31-20-6-3-14(23)12-16(17)20/h3-6,12-13,17H,2,7-11H2,1H3,(H,26,28)(H2,24,29,30). The number of fused-ring (bicyclic) bond motifs is 2. The molecule has 2 aromatic carbocycles. The second kappa shape index (κ2) is 9.21. The molecule has 32 heavy (non-hydrogen) atoms. The molecule has 0 fully saturated rings. The fraction of sp³-hybridized carbons (Fsp3) is 0.364. The van der Waals surface area contributed by atoms with Crippen molar-refractivity contribution in [2.24, 2.45) is 5.14 Å². The van der Waals surface area contributed by atoms with Crippen LogP contribution in [0.3, 0.4) is 0 Å². The van der Waals surface area contributed by atoms with Gasteiger partial charge in [0.15, 0.2) is 0 Å². The van der Waals surface area contributed by atoms with Crippen LogP contribution in [-0.2, 0) is 27.8 Å². The number of benzene rings is 2. The first-order valence-electron chi connectivity index (χ1n) is 10.5. The lowest BCUT2D eigenvalue weighted by Crippen LogP contribution is -2.31. The Labute approximate surface area is 190 Å². The highest BCUT2D eigenvalue weighted by molar-refractivity contribution is 7.99. The topological polar surface area (TPSA) is 107 Å². The van der Waals surface area contributed by atoms with Crippen molar-refractivity contribution in [3.05, 3.63) is 53.6 Å². The monoisotopic (exact) mass is 476 g/mol. The molecule has 3 aromatic rings. The average molecular weight is 477 g/mol. The fourth-order valence-corrected chi connectivity index (χ4v) is 5.65. The predicted molar refractivity (Wildman–Crippen MR) is 122 cm³/mol. The first kappa shape index (κ1) is 22.8. The van der Waals surface area contributed by atoms with Crippen LogP contribution in [0.25, 0.3) is 11.0 Å². The van der Waals surface area contributed by atoms with Gasteiger partial charge in [-0.2, -0.15) is 0 Å². The number of aromatic nitrogens is 2. The smallest absolute Gasteiger partial charge is 0.238 e. The van der Waals surface area contributed by atoms with Crippen molar-refractivity contribution in [2.75, 3.05) is 5.75 Å². The molecule has 0 saturated heterocycles. The van der Waals surface area contributed by atoms with Crippen LogP contribution in [0, 0.1) is 5.82 Å². The third kappa shape index (κ3) is 4.82. The van der Waals surface area contributed by atoms with Crippen molar-refractivity contribution < 1.29 is 17.6 Å². The van der Waals surface area contributed by atoms with E-state index in [0.717, 1.165) is 34.6 Å². The van der Waals surface area contributed by atoms with E-state index in [9.17, 15) is 17.6 Å². The first-order valence-corrected chi connectivity index (χ1v) is 13.0. The number of aryl methyl sites for hydroxylation is 2. The van der Waals surface area contributed by atoms with Crippen LogP contribution in [0.15, 0.2) is 46.2 Å². The van der Waals surface area contributed by atoms with Crippen LogP contribution in [0.2, 0.25) is 0 Å². The molecule has 0 saturated carbocycles. The fourth-order valence-electron chi connectivity index (χ4n) is 4.01. The van der Waals surface area contributed by atoms with Gasteiger partial charge >= 0.3 is 0 Å². The zero-order chi connectivity index (χ0) is 22.9. The summed E-state index contributed by atoms with van der Waals surface area (Å²) in [6, 6.07) is 9.13. The number of hydrogen-bond donors (Lipinski definition) is 2. The van der Waals surface area contributed by atoms with Gasteiger partial charge in [-0.25, -0.2) is 22.9 Å². The minimum Gasteiger partial charge on any atom is -0.349 e. The highest BCUT2D eigenvalue weighted by Crippen LogP contribution is 2.36. The summed E-state index contributed by atoms with van der Waals surface area (Å²) in [6.07, 6.45) is 2.24. The van der Waals surface area contributed by atoms with Gasteiger partial charge in [0.25, 0.3) is 0 Å². The lowest BCUT2D eigenvalue weighted by atomic mass is 10.0. The van der Waals surface area contributed by atoms with Gasteiger partial charge < -0.3 is 9.88 Å². The Balaban J connectivity index is 1.51. The van der Waals surface area contributed by atoms with E-state index >= 15 is 0 Å². The van der Waals surface area contributed by atoms with Crippen LogP contribution in [0.4, 0.5) is 4.39 Å². The lowest BCUT2D eigenvalue weighted by molar-refractivity contribution is -0.121. The van der Waals surface area contributed by atoms with E-state index in [2.05, 4.69) is 10.3 Å². The highest BCUT2D eigenvalue weighted by Gasteiger charge is 2.23.